The average Bonchev–Trinajstić information content (AvgIpc) is 2.69. The zero-order valence-electron chi connectivity index (χ0n) is 10.1. The summed E-state index contributed by atoms with van der Waals surface area (Å²) in [5, 5.41) is 10.3. The van der Waals surface area contributed by atoms with Crippen molar-refractivity contribution in [1.82, 2.24) is 10.6 Å². The summed E-state index contributed by atoms with van der Waals surface area (Å²) in [6, 6.07) is 2.59. The van der Waals surface area contributed by atoms with Gasteiger partial charge in [-0.25, -0.2) is 0 Å². The number of carbonyl (C=O) groups excluding carboxylic acids is 1. The maximum absolute atomic E-state index is 11.6. The van der Waals surface area contributed by atoms with Crippen LogP contribution in [0.2, 0.25) is 0 Å². The van der Waals surface area contributed by atoms with Gasteiger partial charge in [0.1, 0.15) is 0 Å². The van der Waals surface area contributed by atoms with E-state index in [2.05, 4.69) is 29.9 Å². The van der Waals surface area contributed by atoms with Crippen LogP contribution in [0, 0.1) is 0 Å². The molecule has 2 N–H and O–H groups in total. The summed E-state index contributed by atoms with van der Waals surface area (Å²) in [4.78, 5) is 11.6. The number of amides is 1. The van der Waals surface area contributed by atoms with E-state index in [-0.39, 0.29) is 11.9 Å². The lowest BCUT2D eigenvalue weighted by Gasteiger charge is -2.13. The molecule has 1 aromatic heterocycles. The standard InChI is InChI=1S/C12H20N2OS/c1-9(2)13-6-4-12(15)14-10(3)11-5-7-16-8-11/h5,7-10,13H,4,6H2,1-3H3,(H,14,15). The van der Waals surface area contributed by atoms with Crippen molar-refractivity contribution < 1.29 is 4.79 Å². The predicted molar refractivity (Wildman–Crippen MR) is 68.6 cm³/mol. The molecule has 0 spiro atoms. The van der Waals surface area contributed by atoms with Gasteiger partial charge in [-0.3, -0.25) is 4.79 Å². The van der Waals surface area contributed by atoms with Crippen LogP contribution < -0.4 is 10.6 Å². The number of nitrogens with one attached hydrogen (secondary N) is 2. The van der Waals surface area contributed by atoms with Crippen molar-refractivity contribution in [3.8, 4) is 0 Å². The molecule has 0 aliphatic heterocycles. The van der Waals surface area contributed by atoms with E-state index in [1.807, 2.05) is 18.4 Å². The molecule has 1 unspecified atom stereocenters. The van der Waals surface area contributed by atoms with Crippen molar-refractivity contribution in [1.29, 1.82) is 0 Å². The Hall–Kier alpha value is -0.870. The first-order valence-electron chi connectivity index (χ1n) is 5.64. The Morgan fingerprint density at radius 2 is 2.19 bits per heavy atom. The monoisotopic (exact) mass is 240 g/mol. The molecule has 0 radical (unpaired) electrons. The fraction of sp³-hybridized carbons (Fsp3) is 0.583. The van der Waals surface area contributed by atoms with Crippen molar-refractivity contribution in [2.45, 2.75) is 39.3 Å². The predicted octanol–water partition coefficient (Wildman–Crippen LogP) is 2.31. The fourth-order valence-electron chi connectivity index (χ4n) is 1.39. The molecule has 4 heteroatoms. The smallest absolute Gasteiger partial charge is 0.221 e. The molecule has 0 aliphatic rings. The summed E-state index contributed by atoms with van der Waals surface area (Å²) in [6.07, 6.45) is 0.534. The van der Waals surface area contributed by atoms with Gasteiger partial charge in [0.25, 0.3) is 0 Å². The molecule has 1 amide bonds. The second-order valence-corrected chi connectivity index (χ2v) is 4.98. The summed E-state index contributed by atoms with van der Waals surface area (Å²) >= 11 is 1.65. The van der Waals surface area contributed by atoms with Gasteiger partial charge in [0.2, 0.25) is 5.91 Å². The summed E-state index contributed by atoms with van der Waals surface area (Å²) in [6.45, 7) is 6.90. The molecule has 16 heavy (non-hydrogen) atoms. The number of carbonyl (C=O) groups is 1. The highest BCUT2D eigenvalue weighted by Gasteiger charge is 2.09. The lowest BCUT2D eigenvalue weighted by Crippen LogP contribution is -2.31. The first-order chi connectivity index (χ1) is 7.59. The normalized spacial score (nSPS) is 12.8. The van der Waals surface area contributed by atoms with Gasteiger partial charge < -0.3 is 10.6 Å². The maximum atomic E-state index is 11.6. The van der Waals surface area contributed by atoms with Crippen LogP contribution in [0.5, 0.6) is 0 Å². The molecule has 0 saturated heterocycles. The zero-order valence-corrected chi connectivity index (χ0v) is 10.9. The van der Waals surface area contributed by atoms with Crippen LogP contribution in [0.4, 0.5) is 0 Å². The largest absolute Gasteiger partial charge is 0.350 e. The van der Waals surface area contributed by atoms with E-state index in [1.54, 1.807) is 11.3 Å². The van der Waals surface area contributed by atoms with E-state index in [4.69, 9.17) is 0 Å². The van der Waals surface area contributed by atoms with E-state index in [1.165, 1.54) is 5.56 Å². The highest BCUT2D eigenvalue weighted by molar-refractivity contribution is 7.07. The fourth-order valence-corrected chi connectivity index (χ4v) is 2.15. The van der Waals surface area contributed by atoms with Crippen molar-refractivity contribution in [3.63, 3.8) is 0 Å². The lowest BCUT2D eigenvalue weighted by molar-refractivity contribution is -0.121. The second-order valence-electron chi connectivity index (χ2n) is 4.20. The Morgan fingerprint density at radius 1 is 1.44 bits per heavy atom. The van der Waals surface area contributed by atoms with Crippen LogP contribution in [0.25, 0.3) is 0 Å². The highest BCUT2D eigenvalue weighted by atomic mass is 32.1. The highest BCUT2D eigenvalue weighted by Crippen LogP contribution is 2.15. The second kappa shape index (κ2) is 6.66. The van der Waals surface area contributed by atoms with Crippen molar-refractivity contribution in [2.75, 3.05) is 6.54 Å². The average molecular weight is 240 g/mol. The number of hydrogen-bond donors (Lipinski definition) is 2. The SMILES string of the molecule is CC(C)NCCC(=O)NC(C)c1ccsc1. The van der Waals surface area contributed by atoms with Crippen molar-refractivity contribution >= 4 is 17.2 Å². The quantitative estimate of drug-likeness (QED) is 0.801. The molecule has 90 valence electrons. The Morgan fingerprint density at radius 3 is 2.75 bits per heavy atom. The van der Waals surface area contributed by atoms with Crippen LogP contribution >= 0.6 is 11.3 Å². The Labute approximate surface area is 101 Å². The minimum absolute atomic E-state index is 0.104. The van der Waals surface area contributed by atoms with Gasteiger partial charge in [-0.05, 0) is 29.3 Å². The van der Waals surface area contributed by atoms with Gasteiger partial charge in [-0.1, -0.05) is 13.8 Å². The molecule has 3 nitrogen and oxygen atoms in total. The molecule has 0 saturated carbocycles. The van der Waals surface area contributed by atoms with Crippen LogP contribution in [-0.2, 0) is 4.79 Å². The number of rotatable bonds is 6. The van der Waals surface area contributed by atoms with Gasteiger partial charge in [-0.15, -0.1) is 0 Å². The van der Waals surface area contributed by atoms with Gasteiger partial charge in [0.05, 0.1) is 6.04 Å². The van der Waals surface area contributed by atoms with Gasteiger partial charge in [0, 0.05) is 19.0 Å². The van der Waals surface area contributed by atoms with E-state index in [0.29, 0.717) is 12.5 Å². The Balaban J connectivity index is 2.24. The van der Waals surface area contributed by atoms with E-state index < -0.39 is 0 Å². The van der Waals surface area contributed by atoms with Crippen LogP contribution in [-0.4, -0.2) is 18.5 Å². The topological polar surface area (TPSA) is 41.1 Å². The van der Waals surface area contributed by atoms with Gasteiger partial charge in [-0.2, -0.15) is 11.3 Å². The molecule has 0 bridgehead atoms. The third-order valence-corrected chi connectivity index (χ3v) is 3.03. The van der Waals surface area contributed by atoms with Crippen LogP contribution in [0.15, 0.2) is 16.8 Å². The van der Waals surface area contributed by atoms with Gasteiger partial charge >= 0.3 is 0 Å². The van der Waals surface area contributed by atoms with E-state index in [0.717, 1.165) is 6.54 Å². The third kappa shape index (κ3) is 4.77. The molecule has 1 atom stereocenters. The van der Waals surface area contributed by atoms with E-state index >= 15 is 0 Å². The van der Waals surface area contributed by atoms with Crippen LogP contribution in [0.3, 0.4) is 0 Å². The first-order valence-corrected chi connectivity index (χ1v) is 6.58. The van der Waals surface area contributed by atoms with Gasteiger partial charge in [0.15, 0.2) is 0 Å². The maximum Gasteiger partial charge on any atom is 0.221 e. The number of hydrogen-bond acceptors (Lipinski definition) is 3. The molecule has 1 aromatic rings. The molecular weight excluding hydrogens is 220 g/mol. The molecule has 0 fully saturated rings. The lowest BCUT2D eigenvalue weighted by atomic mass is 10.2. The minimum atomic E-state index is 0.104. The summed E-state index contributed by atoms with van der Waals surface area (Å²) < 4.78 is 0. The third-order valence-electron chi connectivity index (χ3n) is 2.33. The summed E-state index contributed by atoms with van der Waals surface area (Å²) in [7, 11) is 0. The molecular formula is C12H20N2OS. The molecule has 1 rings (SSSR count). The molecule has 1 heterocycles. The zero-order chi connectivity index (χ0) is 12.0. The van der Waals surface area contributed by atoms with E-state index in [9.17, 15) is 4.79 Å². The summed E-state index contributed by atoms with van der Waals surface area (Å²) in [5.41, 5.74) is 1.18. The number of thiophene rings is 1. The summed E-state index contributed by atoms with van der Waals surface area (Å²) in [5.74, 6) is 0.104. The first kappa shape index (κ1) is 13.2. The molecule has 0 aromatic carbocycles. The van der Waals surface area contributed by atoms with Crippen molar-refractivity contribution in [3.05, 3.63) is 22.4 Å². The van der Waals surface area contributed by atoms with Crippen LogP contribution in [0.1, 0.15) is 38.8 Å². The molecule has 0 aliphatic carbocycles. The Bertz CT molecular complexity index is 309. The Kier molecular flexibility index (Phi) is 5.49. The minimum Gasteiger partial charge on any atom is -0.350 e. The van der Waals surface area contributed by atoms with Crippen molar-refractivity contribution in [2.24, 2.45) is 0 Å².